The molecule has 2 atom stereocenters. The molecule has 0 bridgehead atoms. The molecule has 6 nitrogen and oxygen atoms in total. The summed E-state index contributed by atoms with van der Waals surface area (Å²) in [7, 11) is 1.00. The molecule has 1 aliphatic heterocycles. The van der Waals surface area contributed by atoms with Crippen LogP contribution in [0.2, 0.25) is 0 Å². The van der Waals surface area contributed by atoms with Crippen LogP contribution >= 0.6 is 11.8 Å². The second-order valence-corrected chi connectivity index (χ2v) is 12.5. The summed E-state index contributed by atoms with van der Waals surface area (Å²) < 4.78 is 11.4. The first kappa shape index (κ1) is 40.4. The molecule has 1 saturated heterocycles. The van der Waals surface area contributed by atoms with E-state index in [-0.39, 0.29) is 0 Å². The van der Waals surface area contributed by atoms with E-state index >= 15 is 0 Å². The lowest BCUT2D eigenvalue weighted by atomic mass is 9.92. The summed E-state index contributed by atoms with van der Waals surface area (Å²) in [6, 6.07) is 10.2. The fraction of sp³-hybridized carbons (Fsp3) is 0.579. The van der Waals surface area contributed by atoms with Crippen molar-refractivity contribution in [3.8, 4) is 11.3 Å². The number of unbranched alkanes of at least 4 members (excludes halogenated alkanes) is 3. The van der Waals surface area contributed by atoms with Crippen molar-refractivity contribution in [1.29, 1.82) is 0 Å². The third kappa shape index (κ3) is 14.1. The van der Waals surface area contributed by atoms with E-state index in [0.717, 1.165) is 72.7 Å². The first-order valence-electron chi connectivity index (χ1n) is 16.8. The quantitative estimate of drug-likeness (QED) is 0.114. The van der Waals surface area contributed by atoms with Gasteiger partial charge < -0.3 is 20.1 Å². The van der Waals surface area contributed by atoms with Gasteiger partial charge in [0.2, 0.25) is 0 Å². The lowest BCUT2D eigenvalue weighted by Gasteiger charge is -2.17. The summed E-state index contributed by atoms with van der Waals surface area (Å²) >= 11 is 1.91. The Bertz CT molecular complexity index is 1210. The van der Waals surface area contributed by atoms with Gasteiger partial charge in [-0.25, -0.2) is 0 Å². The van der Waals surface area contributed by atoms with Crippen LogP contribution in [0.3, 0.4) is 0 Å². The van der Waals surface area contributed by atoms with Gasteiger partial charge in [-0.1, -0.05) is 81.6 Å². The summed E-state index contributed by atoms with van der Waals surface area (Å²) in [5, 5.41) is 11.1. The van der Waals surface area contributed by atoms with Crippen molar-refractivity contribution >= 4 is 18.0 Å². The van der Waals surface area contributed by atoms with E-state index in [1.807, 2.05) is 50.0 Å². The molecule has 1 aliphatic rings. The van der Waals surface area contributed by atoms with Gasteiger partial charge in [-0.05, 0) is 84.3 Å². The number of hydrogen-bond acceptors (Lipinski definition) is 7. The number of aliphatic hydroxyl groups is 1. The van der Waals surface area contributed by atoms with Crippen LogP contribution in [0, 0.1) is 6.92 Å². The predicted molar refractivity (Wildman–Crippen MR) is 196 cm³/mol. The van der Waals surface area contributed by atoms with E-state index in [4.69, 9.17) is 20.1 Å². The third-order valence-corrected chi connectivity index (χ3v) is 8.99. The van der Waals surface area contributed by atoms with Gasteiger partial charge in [0.25, 0.3) is 0 Å². The van der Waals surface area contributed by atoms with Crippen molar-refractivity contribution in [2.24, 2.45) is 10.7 Å². The smallest absolute Gasteiger partial charge is 0.171 e. The van der Waals surface area contributed by atoms with Crippen molar-refractivity contribution in [2.75, 3.05) is 12.9 Å². The summed E-state index contributed by atoms with van der Waals surface area (Å²) in [5.74, 6) is 2.87. The minimum Gasteiger partial charge on any atom is -0.400 e. The number of thioether (sulfide) groups is 1. The highest BCUT2D eigenvalue weighted by Gasteiger charge is 2.22. The molecule has 252 valence electrons. The zero-order valence-corrected chi connectivity index (χ0v) is 30.4. The molecule has 0 amide bonds. The second kappa shape index (κ2) is 23.7. The van der Waals surface area contributed by atoms with Crippen molar-refractivity contribution in [3.05, 3.63) is 75.8 Å². The van der Waals surface area contributed by atoms with Crippen LogP contribution in [0.4, 0.5) is 0 Å². The number of aryl methyl sites for hydroxylation is 1. The lowest BCUT2D eigenvalue weighted by Crippen LogP contribution is -2.11. The minimum atomic E-state index is 0.408. The maximum absolute atomic E-state index is 7.00. The molecule has 0 spiro atoms. The number of aromatic nitrogens is 1. The van der Waals surface area contributed by atoms with Crippen molar-refractivity contribution in [2.45, 2.75) is 131 Å². The van der Waals surface area contributed by atoms with Crippen LogP contribution < -0.4 is 5.73 Å². The minimum absolute atomic E-state index is 0.408. The normalized spacial score (nSPS) is 17.7. The fourth-order valence-corrected chi connectivity index (χ4v) is 6.32. The zero-order valence-electron chi connectivity index (χ0n) is 29.6. The summed E-state index contributed by atoms with van der Waals surface area (Å²) in [6.45, 7) is 16.9. The van der Waals surface area contributed by atoms with Crippen LogP contribution in [0.5, 0.6) is 0 Å². The Kier molecular flexibility index (Phi) is 21.3. The average Bonchev–Trinajstić information content (AvgIpc) is 3.65. The molecule has 1 aromatic heterocycles. The lowest BCUT2D eigenvalue weighted by molar-refractivity contribution is 0.0700. The molecular formula is C38H61N3O3S. The van der Waals surface area contributed by atoms with E-state index in [1.165, 1.54) is 54.4 Å². The molecule has 1 fully saturated rings. The van der Waals surface area contributed by atoms with Crippen molar-refractivity contribution in [3.63, 3.8) is 0 Å². The van der Waals surface area contributed by atoms with Gasteiger partial charge in [0.15, 0.2) is 5.76 Å². The molecule has 1 aromatic carbocycles. The summed E-state index contributed by atoms with van der Waals surface area (Å²) in [6.07, 6.45) is 15.5. The summed E-state index contributed by atoms with van der Waals surface area (Å²) in [5.41, 5.74) is 15.5. The van der Waals surface area contributed by atoms with Gasteiger partial charge in [0, 0.05) is 52.9 Å². The van der Waals surface area contributed by atoms with Gasteiger partial charge in [0.1, 0.15) is 0 Å². The Morgan fingerprint density at radius 2 is 1.80 bits per heavy atom. The Morgan fingerprint density at radius 3 is 2.38 bits per heavy atom. The number of nitrogens with zero attached hydrogens (tertiary/aromatic N) is 2. The zero-order chi connectivity index (χ0) is 33.6. The van der Waals surface area contributed by atoms with E-state index in [2.05, 4.69) is 69.9 Å². The molecule has 2 heterocycles. The number of benzene rings is 1. The number of nitrogens with two attached hydrogens (primary N) is 1. The molecule has 3 N–H and O–H groups in total. The highest BCUT2D eigenvalue weighted by atomic mass is 32.2. The van der Waals surface area contributed by atoms with Crippen LogP contribution in [0.25, 0.3) is 11.3 Å². The number of aliphatic imine (C=N–C) groups is 1. The average molecular weight is 640 g/mol. The number of hydrogen-bond donors (Lipinski definition) is 2. The van der Waals surface area contributed by atoms with Crippen LogP contribution in [0.1, 0.15) is 118 Å². The van der Waals surface area contributed by atoms with Gasteiger partial charge in [-0.15, -0.1) is 0 Å². The number of aliphatic hydroxyl groups excluding tert-OH is 1. The Hall–Kier alpha value is -2.61. The van der Waals surface area contributed by atoms with E-state index in [9.17, 15) is 0 Å². The molecule has 2 unspecified atom stereocenters. The number of ether oxygens (including phenoxy) is 1. The highest BCUT2D eigenvalue weighted by Crippen LogP contribution is 2.31. The van der Waals surface area contributed by atoms with Gasteiger partial charge in [-0.2, -0.15) is 11.8 Å². The first-order chi connectivity index (χ1) is 21.8. The molecule has 0 saturated carbocycles. The molecular weight excluding hydrogens is 579 g/mol. The molecule has 2 aromatic rings. The molecule has 0 radical (unpaired) electrons. The van der Waals surface area contributed by atoms with Gasteiger partial charge >= 0.3 is 0 Å². The topological polar surface area (TPSA) is 93.9 Å². The Balaban J connectivity index is 0.000000426. The van der Waals surface area contributed by atoms with E-state index < -0.39 is 0 Å². The predicted octanol–water partition coefficient (Wildman–Crippen LogP) is 10.4. The highest BCUT2D eigenvalue weighted by molar-refractivity contribution is 7.98. The monoisotopic (exact) mass is 639 g/mol. The maximum atomic E-state index is 7.00. The number of allylic oxidation sites excluding steroid dienone is 4. The maximum Gasteiger partial charge on any atom is 0.171 e. The van der Waals surface area contributed by atoms with Crippen LogP contribution in [-0.2, 0) is 10.5 Å². The Labute approximate surface area is 278 Å². The van der Waals surface area contributed by atoms with Crippen molar-refractivity contribution in [1.82, 2.24) is 5.16 Å². The standard InChI is InChI=1S/C20H36N2.C17H21NO2S.CH4O/c1-7-11-13-15-18(14-12-8-2)19(17(6)22-10-4)20(21)16(5)9-3;1-12-8-9-15(19-12)10-21-11-16-13(2)18-20-17(16)14-6-4-3-5-7-14;1-2/h10,14H,7-9,11-13,15,21H2,1-6H3;3-7,12,15H,8-11H2,1-2H3;2H,1H3/b18-14-,19-17-,20-16-,22-10?;;. The molecule has 0 aliphatic carbocycles. The third-order valence-electron chi connectivity index (χ3n) is 7.88. The Morgan fingerprint density at radius 1 is 1.09 bits per heavy atom. The van der Waals surface area contributed by atoms with Gasteiger partial charge in [-0.3, -0.25) is 4.99 Å². The SMILES string of the molecule is CC=N/C(C)=C(C(=C\CCC)/CCCCC)\C(N)=C(/C)CC.CO.Cc1noc(-c2ccccc2)c1CSCC1CCC(C)O1. The number of rotatable bonds is 15. The van der Waals surface area contributed by atoms with E-state index in [1.54, 1.807) is 0 Å². The molecule has 3 rings (SSSR count). The van der Waals surface area contributed by atoms with E-state index in [0.29, 0.717) is 12.2 Å². The largest absolute Gasteiger partial charge is 0.400 e. The molecule has 45 heavy (non-hydrogen) atoms. The van der Waals surface area contributed by atoms with Crippen LogP contribution in [-0.4, -0.2) is 41.5 Å². The first-order valence-corrected chi connectivity index (χ1v) is 18.0. The summed E-state index contributed by atoms with van der Waals surface area (Å²) in [4.78, 5) is 4.52. The fourth-order valence-electron chi connectivity index (χ4n) is 5.15. The van der Waals surface area contributed by atoms with Gasteiger partial charge in [0.05, 0.1) is 17.9 Å². The van der Waals surface area contributed by atoms with Crippen molar-refractivity contribution < 1.29 is 14.4 Å². The molecule has 7 heteroatoms. The van der Waals surface area contributed by atoms with Crippen LogP contribution in [0.15, 0.2) is 74.0 Å². The second-order valence-electron chi connectivity index (χ2n) is 11.5.